The Bertz CT molecular complexity index is 738. The molecule has 0 amide bonds. The number of esters is 2. The molecule has 1 heterocycles. The first-order valence-corrected chi connectivity index (χ1v) is 12.7. The molecule has 3 rings (SSSR count). The van der Waals surface area contributed by atoms with E-state index in [4.69, 9.17) is 9.47 Å². The number of aliphatic hydroxyl groups is 1. The zero-order chi connectivity index (χ0) is 23.7. The summed E-state index contributed by atoms with van der Waals surface area (Å²) in [6.45, 7) is 13.1. The van der Waals surface area contributed by atoms with E-state index in [9.17, 15) is 14.7 Å². The monoisotopic (exact) mass is 448 g/mol. The zero-order valence-corrected chi connectivity index (χ0v) is 21.0. The Morgan fingerprint density at radius 2 is 2.00 bits per heavy atom. The Kier molecular flexibility index (Phi) is 7.49. The van der Waals surface area contributed by atoms with Gasteiger partial charge in [-0.3, -0.25) is 4.79 Å². The summed E-state index contributed by atoms with van der Waals surface area (Å²) in [5.74, 6) is 0.247. The molecule has 0 aromatic rings. The number of carbonyl (C=O) groups excluding carboxylic acids is 2. The number of carbonyl (C=O) groups is 2. The smallest absolute Gasteiger partial charge is 0.331 e. The van der Waals surface area contributed by atoms with Crippen LogP contribution in [0.4, 0.5) is 0 Å². The Balaban J connectivity index is 2.01. The fourth-order valence-electron chi connectivity index (χ4n) is 7.49. The summed E-state index contributed by atoms with van der Waals surface area (Å²) >= 11 is 0. The van der Waals surface area contributed by atoms with Gasteiger partial charge in [-0.2, -0.15) is 0 Å². The molecule has 182 valence electrons. The predicted molar refractivity (Wildman–Crippen MR) is 125 cm³/mol. The first-order valence-electron chi connectivity index (χ1n) is 12.7. The molecule has 32 heavy (non-hydrogen) atoms. The van der Waals surface area contributed by atoms with Crippen LogP contribution in [0.1, 0.15) is 99.3 Å². The zero-order valence-electron chi connectivity index (χ0n) is 21.0. The third-order valence-corrected chi connectivity index (χ3v) is 8.79. The molecule has 0 bridgehead atoms. The van der Waals surface area contributed by atoms with Crippen molar-refractivity contribution in [1.82, 2.24) is 0 Å². The lowest BCUT2D eigenvalue weighted by atomic mass is 9.41. The summed E-state index contributed by atoms with van der Waals surface area (Å²) < 4.78 is 11.1. The Labute approximate surface area is 194 Å². The summed E-state index contributed by atoms with van der Waals surface area (Å²) in [5.41, 5.74) is -0.210. The molecule has 1 aliphatic heterocycles. The molecular formula is C27H44O5. The van der Waals surface area contributed by atoms with Crippen molar-refractivity contribution in [2.24, 2.45) is 28.6 Å². The lowest BCUT2D eigenvalue weighted by Gasteiger charge is -2.66. The number of ether oxygens (including phenoxy) is 2. The SMILES string of the molecule is CC(=O)OC1CC(C)C(O)(CCC2=CC(=O)OC2)C2(CCCC(C)C)CCCC(C)(C)C12. The van der Waals surface area contributed by atoms with Gasteiger partial charge in [0.25, 0.3) is 0 Å². The summed E-state index contributed by atoms with van der Waals surface area (Å²) in [5, 5.41) is 12.6. The van der Waals surface area contributed by atoms with Crippen LogP contribution < -0.4 is 0 Å². The van der Waals surface area contributed by atoms with Crippen LogP contribution >= 0.6 is 0 Å². The third kappa shape index (κ3) is 4.78. The Morgan fingerprint density at radius 1 is 1.28 bits per heavy atom. The van der Waals surface area contributed by atoms with Crippen molar-refractivity contribution in [2.75, 3.05) is 6.61 Å². The molecule has 3 aliphatic rings. The topological polar surface area (TPSA) is 72.8 Å². The van der Waals surface area contributed by atoms with E-state index in [2.05, 4.69) is 34.6 Å². The average molecular weight is 449 g/mol. The van der Waals surface area contributed by atoms with E-state index in [1.54, 1.807) is 6.08 Å². The molecule has 0 radical (unpaired) electrons. The number of fused-ring (bicyclic) bond motifs is 1. The molecule has 0 saturated heterocycles. The summed E-state index contributed by atoms with van der Waals surface area (Å²) in [6.07, 6.45) is 9.68. The third-order valence-electron chi connectivity index (χ3n) is 8.79. The van der Waals surface area contributed by atoms with Crippen LogP contribution in [-0.4, -0.2) is 35.4 Å². The van der Waals surface area contributed by atoms with Crippen LogP contribution in [-0.2, 0) is 19.1 Å². The molecule has 5 heteroatoms. The van der Waals surface area contributed by atoms with E-state index >= 15 is 0 Å². The van der Waals surface area contributed by atoms with Gasteiger partial charge in [-0.05, 0) is 61.3 Å². The highest BCUT2D eigenvalue weighted by Gasteiger charge is 2.66. The van der Waals surface area contributed by atoms with E-state index < -0.39 is 5.60 Å². The number of rotatable bonds is 8. The molecule has 0 aromatic carbocycles. The van der Waals surface area contributed by atoms with Crippen LogP contribution in [0.5, 0.6) is 0 Å². The molecule has 5 atom stereocenters. The van der Waals surface area contributed by atoms with Crippen molar-refractivity contribution in [3.63, 3.8) is 0 Å². The van der Waals surface area contributed by atoms with Crippen molar-refractivity contribution >= 4 is 11.9 Å². The lowest BCUT2D eigenvalue weighted by molar-refractivity contribution is -0.259. The van der Waals surface area contributed by atoms with Gasteiger partial charge in [0.1, 0.15) is 12.7 Å². The van der Waals surface area contributed by atoms with Crippen molar-refractivity contribution in [3.05, 3.63) is 11.6 Å². The van der Waals surface area contributed by atoms with Crippen molar-refractivity contribution in [1.29, 1.82) is 0 Å². The molecule has 5 unspecified atom stereocenters. The Hall–Kier alpha value is -1.36. The standard InChI is InChI=1S/C27H44O5/c1-18(2)9-7-12-26-13-8-11-25(5,6)24(26)22(32-20(4)28)15-19(3)27(26,30)14-10-21-16-23(29)31-17-21/h16,18-19,22,24,30H,7-15,17H2,1-6H3. The van der Waals surface area contributed by atoms with Gasteiger partial charge in [-0.25, -0.2) is 4.79 Å². The van der Waals surface area contributed by atoms with E-state index in [1.807, 2.05) is 0 Å². The first-order chi connectivity index (χ1) is 14.9. The van der Waals surface area contributed by atoms with Gasteiger partial charge in [0.15, 0.2) is 0 Å². The van der Waals surface area contributed by atoms with Crippen LogP contribution in [0.2, 0.25) is 0 Å². The number of cyclic esters (lactones) is 1. The van der Waals surface area contributed by atoms with Gasteiger partial charge in [-0.15, -0.1) is 0 Å². The van der Waals surface area contributed by atoms with Crippen LogP contribution in [0.25, 0.3) is 0 Å². The van der Waals surface area contributed by atoms with Crippen LogP contribution in [0.3, 0.4) is 0 Å². The number of hydrogen-bond donors (Lipinski definition) is 1. The summed E-state index contributed by atoms with van der Waals surface area (Å²) in [6, 6.07) is 0. The molecular weight excluding hydrogens is 404 g/mol. The van der Waals surface area contributed by atoms with Crippen LogP contribution in [0.15, 0.2) is 11.6 Å². The fraction of sp³-hybridized carbons (Fsp3) is 0.852. The van der Waals surface area contributed by atoms with Crippen molar-refractivity contribution in [2.45, 2.75) is 111 Å². The molecule has 2 saturated carbocycles. The van der Waals surface area contributed by atoms with Gasteiger partial charge in [-0.1, -0.05) is 53.9 Å². The molecule has 2 aliphatic carbocycles. The van der Waals surface area contributed by atoms with Gasteiger partial charge in [0.2, 0.25) is 0 Å². The fourth-order valence-corrected chi connectivity index (χ4v) is 7.49. The largest absolute Gasteiger partial charge is 0.462 e. The van der Waals surface area contributed by atoms with Crippen LogP contribution in [0, 0.1) is 28.6 Å². The minimum Gasteiger partial charge on any atom is -0.462 e. The summed E-state index contributed by atoms with van der Waals surface area (Å²) in [4.78, 5) is 23.6. The van der Waals surface area contributed by atoms with Gasteiger partial charge in [0, 0.05) is 24.3 Å². The molecule has 2 fully saturated rings. The van der Waals surface area contributed by atoms with Gasteiger partial charge < -0.3 is 14.6 Å². The molecule has 0 aromatic heterocycles. The van der Waals surface area contributed by atoms with Crippen molar-refractivity contribution in [3.8, 4) is 0 Å². The second-order valence-corrected chi connectivity index (χ2v) is 11.9. The highest BCUT2D eigenvalue weighted by molar-refractivity contribution is 5.85. The van der Waals surface area contributed by atoms with Gasteiger partial charge in [0.05, 0.1) is 5.60 Å². The maximum atomic E-state index is 12.6. The molecule has 1 N–H and O–H groups in total. The molecule has 0 spiro atoms. The van der Waals surface area contributed by atoms with E-state index in [1.165, 1.54) is 6.92 Å². The van der Waals surface area contributed by atoms with Gasteiger partial charge >= 0.3 is 11.9 Å². The highest BCUT2D eigenvalue weighted by Crippen LogP contribution is 2.66. The number of hydrogen-bond acceptors (Lipinski definition) is 5. The van der Waals surface area contributed by atoms with Crippen molar-refractivity contribution < 1.29 is 24.2 Å². The highest BCUT2D eigenvalue weighted by atomic mass is 16.5. The van der Waals surface area contributed by atoms with E-state index in [0.717, 1.165) is 44.1 Å². The van der Waals surface area contributed by atoms with E-state index in [-0.39, 0.29) is 40.7 Å². The average Bonchev–Trinajstić information content (AvgIpc) is 3.08. The minimum atomic E-state index is -0.866. The first kappa shape index (κ1) is 25.3. The predicted octanol–water partition coefficient (Wildman–Crippen LogP) is 5.59. The van der Waals surface area contributed by atoms with E-state index in [0.29, 0.717) is 31.8 Å². The Morgan fingerprint density at radius 3 is 2.59 bits per heavy atom. The lowest BCUT2D eigenvalue weighted by Crippen LogP contribution is -2.68. The second-order valence-electron chi connectivity index (χ2n) is 11.9. The maximum Gasteiger partial charge on any atom is 0.331 e. The normalized spacial score (nSPS) is 36.4. The second kappa shape index (κ2) is 9.48. The quantitative estimate of drug-likeness (QED) is 0.490. The summed E-state index contributed by atoms with van der Waals surface area (Å²) in [7, 11) is 0. The molecule has 5 nitrogen and oxygen atoms in total. The minimum absolute atomic E-state index is 0.00896. The maximum absolute atomic E-state index is 12.6.